The summed E-state index contributed by atoms with van der Waals surface area (Å²) in [6.07, 6.45) is 0. The summed E-state index contributed by atoms with van der Waals surface area (Å²) in [6.45, 7) is 8.52. The minimum atomic E-state index is -0.757. The molecule has 0 saturated carbocycles. The van der Waals surface area contributed by atoms with E-state index in [1.165, 1.54) is 0 Å². The van der Waals surface area contributed by atoms with Gasteiger partial charge in [-0.3, -0.25) is 15.1 Å². The lowest BCUT2D eigenvalue weighted by Crippen LogP contribution is -2.44. The van der Waals surface area contributed by atoms with Crippen molar-refractivity contribution in [3.05, 3.63) is 69.9 Å². The predicted molar refractivity (Wildman–Crippen MR) is 109 cm³/mol. The highest BCUT2D eigenvalue weighted by molar-refractivity contribution is 6.04. The highest BCUT2D eigenvalue weighted by atomic mass is 16.6. The lowest BCUT2D eigenvalue weighted by molar-refractivity contribution is 0.0316. The second-order valence-corrected chi connectivity index (χ2v) is 7.64. The third-order valence-corrected chi connectivity index (χ3v) is 5.40. The normalized spacial score (nSPS) is 16.8. The monoisotopic (exact) mass is 389 g/mol. The molecule has 2 aromatic rings. The summed E-state index contributed by atoms with van der Waals surface area (Å²) in [4.78, 5) is 20.6. The number of hydroxylamine groups is 1. The van der Waals surface area contributed by atoms with Crippen molar-refractivity contribution in [1.29, 1.82) is 5.26 Å². The van der Waals surface area contributed by atoms with Crippen LogP contribution in [-0.2, 0) is 11.4 Å². The SMILES string of the molecule is CCONC1=C(N2Cc3ccccc3C2=O)c2c(ccc(C#N)c2C)OC1(C)C. The van der Waals surface area contributed by atoms with Gasteiger partial charge in [0, 0.05) is 11.1 Å². The first-order valence-corrected chi connectivity index (χ1v) is 9.64. The molecule has 0 radical (unpaired) electrons. The molecule has 148 valence electrons. The number of ether oxygens (including phenoxy) is 1. The lowest BCUT2D eigenvalue weighted by Gasteiger charge is -2.39. The summed E-state index contributed by atoms with van der Waals surface area (Å²) >= 11 is 0. The van der Waals surface area contributed by atoms with E-state index in [0.29, 0.717) is 41.4 Å². The fourth-order valence-corrected chi connectivity index (χ4v) is 3.94. The van der Waals surface area contributed by atoms with Crippen molar-refractivity contribution in [3.63, 3.8) is 0 Å². The van der Waals surface area contributed by atoms with E-state index in [4.69, 9.17) is 9.57 Å². The highest BCUT2D eigenvalue weighted by Crippen LogP contribution is 2.45. The average molecular weight is 389 g/mol. The molecule has 2 aliphatic rings. The average Bonchev–Trinajstić information content (AvgIpc) is 3.02. The second-order valence-electron chi connectivity index (χ2n) is 7.64. The number of fused-ring (bicyclic) bond motifs is 2. The maximum Gasteiger partial charge on any atom is 0.259 e. The number of hydrogen-bond donors (Lipinski definition) is 1. The molecule has 2 heterocycles. The van der Waals surface area contributed by atoms with Crippen LogP contribution in [0.5, 0.6) is 5.75 Å². The number of benzene rings is 2. The molecule has 6 heteroatoms. The molecule has 4 rings (SSSR count). The van der Waals surface area contributed by atoms with E-state index in [-0.39, 0.29) is 5.91 Å². The number of carbonyl (C=O) groups excluding carboxylic acids is 1. The Hall–Kier alpha value is -3.30. The zero-order valence-corrected chi connectivity index (χ0v) is 17.0. The van der Waals surface area contributed by atoms with Crippen molar-refractivity contribution in [1.82, 2.24) is 10.4 Å². The molecule has 2 aliphatic heterocycles. The third kappa shape index (κ3) is 2.95. The van der Waals surface area contributed by atoms with Crippen LogP contribution in [0.3, 0.4) is 0 Å². The zero-order chi connectivity index (χ0) is 20.8. The van der Waals surface area contributed by atoms with Gasteiger partial charge in [0.15, 0.2) is 0 Å². The van der Waals surface area contributed by atoms with E-state index >= 15 is 0 Å². The number of nitrogens with one attached hydrogen (secondary N) is 1. The molecule has 0 atom stereocenters. The lowest BCUT2D eigenvalue weighted by atomic mass is 9.90. The van der Waals surface area contributed by atoms with E-state index in [9.17, 15) is 10.1 Å². The fraction of sp³-hybridized carbons (Fsp3) is 0.304. The quantitative estimate of drug-likeness (QED) is 0.803. The number of nitriles is 1. The summed E-state index contributed by atoms with van der Waals surface area (Å²) in [7, 11) is 0. The second kappa shape index (κ2) is 6.94. The van der Waals surface area contributed by atoms with Crippen molar-refractivity contribution in [2.75, 3.05) is 6.61 Å². The Kier molecular flexibility index (Phi) is 4.56. The van der Waals surface area contributed by atoms with Crippen LogP contribution < -0.4 is 10.2 Å². The molecule has 0 aliphatic carbocycles. The molecular weight excluding hydrogens is 366 g/mol. The Labute approximate surface area is 170 Å². The van der Waals surface area contributed by atoms with Gasteiger partial charge >= 0.3 is 0 Å². The van der Waals surface area contributed by atoms with Gasteiger partial charge in [-0.1, -0.05) is 18.2 Å². The van der Waals surface area contributed by atoms with E-state index < -0.39 is 5.60 Å². The fourth-order valence-electron chi connectivity index (χ4n) is 3.94. The van der Waals surface area contributed by atoms with Crippen molar-refractivity contribution in [2.45, 2.75) is 39.8 Å². The molecule has 0 saturated heterocycles. The van der Waals surface area contributed by atoms with E-state index in [2.05, 4.69) is 11.5 Å². The van der Waals surface area contributed by atoms with Gasteiger partial charge in [0.05, 0.1) is 30.5 Å². The van der Waals surface area contributed by atoms with Crippen LogP contribution in [0, 0.1) is 18.3 Å². The van der Waals surface area contributed by atoms with Gasteiger partial charge in [0.2, 0.25) is 0 Å². The maximum absolute atomic E-state index is 13.3. The van der Waals surface area contributed by atoms with Gasteiger partial charge in [-0.05, 0) is 57.0 Å². The van der Waals surface area contributed by atoms with Gasteiger partial charge in [0.25, 0.3) is 5.91 Å². The topological polar surface area (TPSA) is 74.6 Å². The molecule has 1 N–H and O–H groups in total. The van der Waals surface area contributed by atoms with E-state index in [1.54, 1.807) is 17.0 Å². The third-order valence-electron chi connectivity index (χ3n) is 5.40. The maximum atomic E-state index is 13.3. The molecular formula is C23H23N3O3. The molecule has 0 spiro atoms. The summed E-state index contributed by atoms with van der Waals surface area (Å²) in [5.41, 5.74) is 7.34. The minimum absolute atomic E-state index is 0.0724. The number of rotatable bonds is 4. The van der Waals surface area contributed by atoms with Crippen molar-refractivity contribution >= 4 is 11.6 Å². The van der Waals surface area contributed by atoms with Gasteiger partial charge in [-0.15, -0.1) is 0 Å². The standard InChI is InChI=1S/C23H23N3O3/c1-5-28-25-21-20(26-13-16-8-6-7-9-17(16)22(26)27)19-14(2)15(12-24)10-11-18(19)29-23(21,3)4/h6-11,25H,5,13H2,1-4H3. The van der Waals surface area contributed by atoms with Crippen LogP contribution in [0.4, 0.5) is 0 Å². The van der Waals surface area contributed by atoms with Crippen LogP contribution in [0.2, 0.25) is 0 Å². The van der Waals surface area contributed by atoms with Gasteiger partial charge in [-0.25, -0.2) is 0 Å². The van der Waals surface area contributed by atoms with Crippen LogP contribution in [0.1, 0.15) is 53.4 Å². The van der Waals surface area contributed by atoms with Crippen LogP contribution in [0.15, 0.2) is 42.1 Å². The summed E-state index contributed by atoms with van der Waals surface area (Å²) < 4.78 is 6.26. The largest absolute Gasteiger partial charge is 0.481 e. The molecule has 0 fully saturated rings. The van der Waals surface area contributed by atoms with Crippen molar-refractivity contribution < 1.29 is 14.4 Å². The summed E-state index contributed by atoms with van der Waals surface area (Å²) in [5, 5.41) is 9.55. The first-order chi connectivity index (χ1) is 13.9. The first kappa shape index (κ1) is 19.0. The number of hydrogen-bond acceptors (Lipinski definition) is 5. The predicted octanol–water partition coefficient (Wildman–Crippen LogP) is 3.90. The molecule has 6 nitrogen and oxygen atoms in total. The van der Waals surface area contributed by atoms with E-state index in [0.717, 1.165) is 16.7 Å². The Balaban J connectivity index is 1.97. The Morgan fingerprint density at radius 3 is 2.72 bits per heavy atom. The van der Waals surface area contributed by atoms with Crippen molar-refractivity contribution in [2.24, 2.45) is 0 Å². The van der Waals surface area contributed by atoms with Crippen molar-refractivity contribution in [3.8, 4) is 11.8 Å². The van der Waals surface area contributed by atoms with Crippen LogP contribution in [0.25, 0.3) is 5.70 Å². The minimum Gasteiger partial charge on any atom is -0.481 e. The summed E-state index contributed by atoms with van der Waals surface area (Å²) in [5.74, 6) is 0.573. The van der Waals surface area contributed by atoms with Crippen LogP contribution in [-0.4, -0.2) is 23.0 Å². The summed E-state index contributed by atoms with van der Waals surface area (Å²) in [6, 6.07) is 13.4. The number of carbonyl (C=O) groups is 1. The zero-order valence-electron chi connectivity index (χ0n) is 17.0. The smallest absolute Gasteiger partial charge is 0.259 e. The first-order valence-electron chi connectivity index (χ1n) is 9.64. The Morgan fingerprint density at radius 2 is 2.03 bits per heavy atom. The molecule has 0 bridgehead atoms. The molecule has 1 amide bonds. The van der Waals surface area contributed by atoms with Gasteiger partial charge < -0.3 is 9.64 Å². The molecule has 0 aromatic heterocycles. The number of nitrogens with zero attached hydrogens (tertiary/aromatic N) is 2. The van der Waals surface area contributed by atoms with E-state index in [1.807, 2.05) is 52.0 Å². The van der Waals surface area contributed by atoms with Crippen LogP contribution >= 0.6 is 0 Å². The Bertz CT molecular complexity index is 1080. The van der Waals surface area contributed by atoms with Gasteiger partial charge in [0.1, 0.15) is 17.0 Å². The Morgan fingerprint density at radius 1 is 1.28 bits per heavy atom. The molecule has 2 aromatic carbocycles. The molecule has 29 heavy (non-hydrogen) atoms. The number of amides is 1. The highest BCUT2D eigenvalue weighted by Gasteiger charge is 2.42. The molecule has 0 unspecified atom stereocenters. The van der Waals surface area contributed by atoms with Gasteiger partial charge in [-0.2, -0.15) is 5.26 Å².